The van der Waals surface area contributed by atoms with Crippen LogP contribution in [0.25, 0.3) is 10.2 Å². The number of sulfonamides is 1. The third kappa shape index (κ3) is 4.99. The van der Waals surface area contributed by atoms with Crippen molar-refractivity contribution in [3.05, 3.63) is 57.3 Å². The first-order valence-electron chi connectivity index (χ1n) is 11.3. The van der Waals surface area contributed by atoms with Crippen LogP contribution < -0.4 is 4.80 Å². The van der Waals surface area contributed by atoms with Gasteiger partial charge in [0, 0.05) is 24.7 Å². The first kappa shape index (κ1) is 25.1. The minimum Gasteiger partial charge on any atom is -0.380 e. The molecule has 1 saturated heterocycles. The van der Waals surface area contributed by atoms with Crippen LogP contribution in [0.4, 0.5) is 0 Å². The van der Waals surface area contributed by atoms with Crippen LogP contribution in [0.1, 0.15) is 30.9 Å². The largest absolute Gasteiger partial charge is 0.380 e. The van der Waals surface area contributed by atoms with E-state index in [9.17, 15) is 13.2 Å². The van der Waals surface area contributed by atoms with Crippen molar-refractivity contribution in [1.29, 1.82) is 0 Å². The Balaban J connectivity index is 1.72. The summed E-state index contributed by atoms with van der Waals surface area (Å²) in [6.07, 6.45) is 1.05. The molecule has 1 aliphatic heterocycles. The number of hydrogen-bond donors (Lipinski definition) is 0. The minimum absolute atomic E-state index is 0.122. The van der Waals surface area contributed by atoms with Crippen molar-refractivity contribution in [2.75, 3.05) is 19.8 Å². The second-order valence-electron chi connectivity index (χ2n) is 8.34. The Labute approximate surface area is 208 Å². The Hall–Kier alpha value is -2.04. The van der Waals surface area contributed by atoms with Crippen LogP contribution in [0.3, 0.4) is 0 Å². The fraction of sp³-hybridized carbons (Fsp3) is 0.417. The van der Waals surface area contributed by atoms with E-state index < -0.39 is 22.0 Å². The molecule has 0 bridgehead atoms. The fourth-order valence-electron chi connectivity index (χ4n) is 4.30. The van der Waals surface area contributed by atoms with E-state index in [4.69, 9.17) is 16.3 Å². The normalized spacial score (nSPS) is 17.6. The lowest BCUT2D eigenvalue weighted by molar-refractivity contribution is -0.121. The summed E-state index contributed by atoms with van der Waals surface area (Å²) in [5.74, 6) is -0.443. The molecule has 2 aromatic carbocycles. The fourth-order valence-corrected chi connectivity index (χ4v) is 7.19. The molecule has 0 N–H and O–H groups in total. The van der Waals surface area contributed by atoms with Crippen molar-refractivity contribution in [3.63, 3.8) is 0 Å². The Bertz CT molecular complexity index is 1380. The molecule has 1 fully saturated rings. The predicted octanol–water partition coefficient (Wildman–Crippen LogP) is 4.29. The number of rotatable bonds is 7. The summed E-state index contributed by atoms with van der Waals surface area (Å²) in [7, 11) is -3.84. The van der Waals surface area contributed by atoms with Gasteiger partial charge in [-0.3, -0.25) is 4.79 Å². The minimum atomic E-state index is -3.84. The van der Waals surface area contributed by atoms with Crippen molar-refractivity contribution in [3.8, 4) is 0 Å². The molecule has 0 spiro atoms. The number of nitrogens with zero attached hydrogens (tertiary/aromatic N) is 3. The first-order chi connectivity index (χ1) is 16.2. The maximum Gasteiger partial charge on any atom is 0.266 e. The molecule has 1 aliphatic rings. The van der Waals surface area contributed by atoms with Crippen molar-refractivity contribution in [2.24, 2.45) is 4.99 Å². The van der Waals surface area contributed by atoms with Gasteiger partial charge in [0.2, 0.25) is 10.0 Å². The van der Waals surface area contributed by atoms with Crippen LogP contribution in [-0.2, 0) is 26.1 Å². The molecule has 0 saturated carbocycles. The van der Waals surface area contributed by atoms with E-state index in [1.165, 1.54) is 39.9 Å². The third-order valence-electron chi connectivity index (χ3n) is 5.89. The van der Waals surface area contributed by atoms with Gasteiger partial charge in [-0.05, 0) is 75.1 Å². The van der Waals surface area contributed by atoms with Gasteiger partial charge in [-0.25, -0.2) is 8.42 Å². The van der Waals surface area contributed by atoms with E-state index >= 15 is 0 Å². The average Bonchev–Trinajstić information content (AvgIpc) is 3.41. The number of hydrogen-bond acceptors (Lipinski definition) is 5. The second kappa shape index (κ2) is 10.3. The molecular weight excluding hydrogens is 494 g/mol. The van der Waals surface area contributed by atoms with E-state index in [0.29, 0.717) is 42.4 Å². The van der Waals surface area contributed by atoms with E-state index in [0.717, 1.165) is 21.3 Å². The lowest BCUT2D eigenvalue weighted by Crippen LogP contribution is -2.40. The monoisotopic (exact) mass is 521 g/mol. The van der Waals surface area contributed by atoms with E-state index in [2.05, 4.69) is 17.1 Å². The molecule has 3 aromatic rings. The smallest absolute Gasteiger partial charge is 0.266 e. The molecule has 10 heteroatoms. The molecule has 1 atom stereocenters. The van der Waals surface area contributed by atoms with Crippen LogP contribution >= 0.6 is 22.9 Å². The molecular formula is C24H28ClN3O4S2. The van der Waals surface area contributed by atoms with Crippen molar-refractivity contribution in [1.82, 2.24) is 8.87 Å². The van der Waals surface area contributed by atoms with E-state index in [-0.39, 0.29) is 11.4 Å². The molecule has 1 aromatic heterocycles. The zero-order valence-electron chi connectivity index (χ0n) is 19.5. The highest BCUT2D eigenvalue weighted by Crippen LogP contribution is 2.28. The Kier molecular flexibility index (Phi) is 7.59. The van der Waals surface area contributed by atoms with Crippen LogP contribution in [0.15, 0.2) is 46.3 Å². The van der Waals surface area contributed by atoms with Gasteiger partial charge in [-0.15, -0.1) is 0 Å². The number of ether oxygens (including phenoxy) is 1. The zero-order chi connectivity index (χ0) is 24.5. The van der Waals surface area contributed by atoms with E-state index in [1.807, 2.05) is 25.3 Å². The molecule has 7 nitrogen and oxygen atoms in total. The highest BCUT2D eigenvalue weighted by molar-refractivity contribution is 7.89. The van der Waals surface area contributed by atoms with E-state index in [1.54, 1.807) is 0 Å². The number of halogens is 1. The summed E-state index contributed by atoms with van der Waals surface area (Å²) in [5.41, 5.74) is 3.25. The molecule has 4 rings (SSSR count). The van der Waals surface area contributed by atoms with Gasteiger partial charge in [0.15, 0.2) is 4.80 Å². The summed E-state index contributed by atoms with van der Waals surface area (Å²) in [4.78, 5) is 18.5. The van der Waals surface area contributed by atoms with Crippen LogP contribution in [0.2, 0.25) is 5.02 Å². The Morgan fingerprint density at radius 2 is 1.97 bits per heavy atom. The topological polar surface area (TPSA) is 81.0 Å². The molecule has 34 heavy (non-hydrogen) atoms. The summed E-state index contributed by atoms with van der Waals surface area (Å²) in [6, 6.07) is 9.37. The SMILES string of the molecule is CCOCCn1c(=NC(=O)C2CCCN2S(=O)(=O)c2ccc(Cl)cc2)sc2c(C)cc(C)cc21. The maximum atomic E-state index is 13.3. The number of carbonyl (C=O) groups is 1. The zero-order valence-corrected chi connectivity index (χ0v) is 21.8. The third-order valence-corrected chi connectivity index (χ3v) is 9.30. The lowest BCUT2D eigenvalue weighted by atomic mass is 10.1. The Morgan fingerprint density at radius 3 is 2.68 bits per heavy atom. The summed E-state index contributed by atoms with van der Waals surface area (Å²) in [6.45, 7) is 7.96. The van der Waals surface area contributed by atoms with Crippen molar-refractivity contribution in [2.45, 2.75) is 51.1 Å². The number of benzene rings is 2. The number of fused-ring (bicyclic) bond motifs is 1. The second-order valence-corrected chi connectivity index (χ2v) is 11.6. The van der Waals surface area contributed by atoms with Crippen LogP contribution in [0, 0.1) is 13.8 Å². The number of thiazole rings is 1. The van der Waals surface area contributed by atoms with Crippen molar-refractivity contribution < 1.29 is 17.9 Å². The van der Waals surface area contributed by atoms with Gasteiger partial charge in [0.1, 0.15) is 6.04 Å². The van der Waals surface area contributed by atoms with Gasteiger partial charge in [0.25, 0.3) is 5.91 Å². The van der Waals surface area contributed by atoms with Gasteiger partial charge < -0.3 is 9.30 Å². The molecule has 0 radical (unpaired) electrons. The standard InChI is InChI=1S/C24H28ClN3O4S2/c1-4-32-13-12-27-21-15-16(2)14-17(3)22(21)33-24(27)26-23(29)20-6-5-11-28(20)34(30,31)19-9-7-18(25)8-10-19/h7-10,14-15,20H,4-6,11-13H2,1-3H3. The molecule has 0 aliphatic carbocycles. The number of carbonyl (C=O) groups excluding carboxylic acids is 1. The average molecular weight is 522 g/mol. The Morgan fingerprint density at radius 1 is 1.24 bits per heavy atom. The summed E-state index contributed by atoms with van der Waals surface area (Å²) < 4.78 is 36.4. The van der Waals surface area contributed by atoms with Crippen LogP contribution in [0.5, 0.6) is 0 Å². The molecule has 182 valence electrons. The highest BCUT2D eigenvalue weighted by atomic mass is 35.5. The summed E-state index contributed by atoms with van der Waals surface area (Å²) in [5, 5.41) is 0.454. The summed E-state index contributed by atoms with van der Waals surface area (Å²) >= 11 is 7.37. The van der Waals surface area contributed by atoms with Crippen molar-refractivity contribution >= 4 is 49.1 Å². The van der Waals surface area contributed by atoms with Gasteiger partial charge >= 0.3 is 0 Å². The van der Waals surface area contributed by atoms with Crippen LogP contribution in [-0.4, -0.2) is 49.0 Å². The lowest BCUT2D eigenvalue weighted by Gasteiger charge is -2.21. The number of aryl methyl sites for hydroxylation is 2. The highest BCUT2D eigenvalue weighted by Gasteiger charge is 2.39. The van der Waals surface area contributed by atoms with Gasteiger partial charge in [-0.2, -0.15) is 9.30 Å². The quantitative estimate of drug-likeness (QED) is 0.434. The predicted molar refractivity (Wildman–Crippen MR) is 135 cm³/mol. The maximum absolute atomic E-state index is 13.3. The molecule has 1 amide bonds. The van der Waals surface area contributed by atoms with Gasteiger partial charge in [0.05, 0.1) is 21.7 Å². The molecule has 1 unspecified atom stereocenters. The molecule has 2 heterocycles. The van der Waals surface area contributed by atoms with Gasteiger partial charge in [-0.1, -0.05) is 29.0 Å². The first-order valence-corrected chi connectivity index (χ1v) is 13.9. The number of aromatic nitrogens is 1. The number of amides is 1.